The van der Waals surface area contributed by atoms with Gasteiger partial charge in [-0.1, -0.05) is 66.8 Å². The van der Waals surface area contributed by atoms with Crippen molar-refractivity contribution in [3.05, 3.63) is 108 Å². The molecule has 3 aromatic rings. The van der Waals surface area contributed by atoms with Gasteiger partial charge in [-0.25, -0.2) is 4.98 Å². The average Bonchev–Trinajstić information content (AvgIpc) is 2.77. The number of sulfonamides is 1. The number of aromatic nitrogens is 1. The lowest BCUT2D eigenvalue weighted by Gasteiger charge is -2.03. The van der Waals surface area contributed by atoms with E-state index in [-0.39, 0.29) is 5.03 Å². The third-order valence-corrected chi connectivity index (χ3v) is 5.17. The summed E-state index contributed by atoms with van der Waals surface area (Å²) in [7, 11) is -2.29. The first-order valence-corrected chi connectivity index (χ1v) is 10.3. The van der Waals surface area contributed by atoms with Crippen LogP contribution in [0.1, 0.15) is 11.1 Å². The van der Waals surface area contributed by atoms with Crippen LogP contribution in [0.15, 0.2) is 107 Å². The quantitative estimate of drug-likeness (QED) is 0.428. The molecule has 0 aliphatic heterocycles. The minimum atomic E-state index is -3.92. The predicted molar refractivity (Wildman–Crippen MR) is 116 cm³/mol. The summed E-state index contributed by atoms with van der Waals surface area (Å²) in [5.41, 5.74) is 2.02. The van der Waals surface area contributed by atoms with Crippen LogP contribution in [-0.4, -0.2) is 26.2 Å². The minimum absolute atomic E-state index is 0.0874. The number of pyridine rings is 1. The van der Waals surface area contributed by atoms with Gasteiger partial charge in [0.2, 0.25) is 0 Å². The molecule has 1 aromatic heterocycles. The van der Waals surface area contributed by atoms with Gasteiger partial charge in [-0.15, -0.1) is 0 Å². The van der Waals surface area contributed by atoms with Gasteiger partial charge in [-0.05, 0) is 35.9 Å². The Balaban J connectivity index is 1.88. The van der Waals surface area contributed by atoms with Crippen molar-refractivity contribution >= 4 is 21.8 Å². The summed E-state index contributed by atoms with van der Waals surface area (Å²) < 4.78 is 34.4. The molecule has 0 spiro atoms. The van der Waals surface area contributed by atoms with Crippen LogP contribution in [0.3, 0.4) is 0 Å². The van der Waals surface area contributed by atoms with Gasteiger partial charge in [-0.2, -0.15) is 12.8 Å². The van der Waals surface area contributed by atoms with Crippen LogP contribution in [0.5, 0.6) is 5.75 Å². The molecule has 0 unspecified atom stereocenters. The number of rotatable bonds is 7. The van der Waals surface area contributed by atoms with Gasteiger partial charge in [0, 0.05) is 11.8 Å². The van der Waals surface area contributed by atoms with Crippen LogP contribution in [0.4, 0.5) is 0 Å². The van der Waals surface area contributed by atoms with Gasteiger partial charge < -0.3 is 4.74 Å². The summed E-state index contributed by atoms with van der Waals surface area (Å²) in [5.74, 6) is 0.788. The lowest BCUT2D eigenvalue weighted by molar-refractivity contribution is 0.415. The SMILES string of the molecule is COc1ccc(/C=C/C=C/C(=N/S(=O)(=O)c2ccccn2)c2ccccc2)cc1. The fraction of sp³-hybridized carbons (Fsp3) is 0.0435. The minimum Gasteiger partial charge on any atom is -0.497 e. The van der Waals surface area contributed by atoms with Gasteiger partial charge in [-0.3, -0.25) is 0 Å². The average molecular weight is 404 g/mol. The van der Waals surface area contributed by atoms with Crippen molar-refractivity contribution in [3.63, 3.8) is 0 Å². The number of nitrogens with zero attached hydrogens (tertiary/aromatic N) is 2. The van der Waals surface area contributed by atoms with Gasteiger partial charge in [0.15, 0.2) is 5.03 Å². The first-order valence-electron chi connectivity index (χ1n) is 8.89. The summed E-state index contributed by atoms with van der Waals surface area (Å²) in [4.78, 5) is 3.90. The molecule has 0 fully saturated rings. The molecule has 2 aromatic carbocycles. The van der Waals surface area contributed by atoms with E-state index >= 15 is 0 Å². The summed E-state index contributed by atoms with van der Waals surface area (Å²) in [6, 6.07) is 21.5. The molecular formula is C23H20N2O3S. The second-order valence-electron chi connectivity index (χ2n) is 5.98. The predicted octanol–water partition coefficient (Wildman–Crippen LogP) is 4.54. The van der Waals surface area contributed by atoms with Crippen LogP contribution < -0.4 is 4.74 Å². The van der Waals surface area contributed by atoms with Crippen molar-refractivity contribution in [2.45, 2.75) is 5.03 Å². The smallest absolute Gasteiger partial charge is 0.300 e. The molecule has 1 heterocycles. The molecule has 29 heavy (non-hydrogen) atoms. The van der Waals surface area contributed by atoms with E-state index in [4.69, 9.17) is 4.74 Å². The topological polar surface area (TPSA) is 68.6 Å². The van der Waals surface area contributed by atoms with Gasteiger partial charge in [0.25, 0.3) is 10.0 Å². The number of ether oxygens (including phenoxy) is 1. The molecule has 6 heteroatoms. The van der Waals surface area contributed by atoms with Gasteiger partial charge >= 0.3 is 0 Å². The number of allylic oxidation sites excluding steroid dienone is 3. The third kappa shape index (κ3) is 5.73. The van der Waals surface area contributed by atoms with Crippen molar-refractivity contribution < 1.29 is 13.2 Å². The largest absolute Gasteiger partial charge is 0.497 e. The highest BCUT2D eigenvalue weighted by atomic mass is 32.2. The van der Waals surface area contributed by atoms with Crippen LogP contribution in [-0.2, 0) is 10.0 Å². The number of hydrogen-bond donors (Lipinski definition) is 0. The lowest BCUT2D eigenvalue weighted by Crippen LogP contribution is -2.05. The van der Waals surface area contributed by atoms with Gasteiger partial charge in [0.1, 0.15) is 5.75 Å². The molecule has 0 atom stereocenters. The lowest BCUT2D eigenvalue weighted by atomic mass is 10.1. The van der Waals surface area contributed by atoms with Crippen molar-refractivity contribution in [2.75, 3.05) is 7.11 Å². The van der Waals surface area contributed by atoms with Crippen LogP contribution in [0, 0.1) is 0 Å². The van der Waals surface area contributed by atoms with Crippen molar-refractivity contribution in [2.24, 2.45) is 4.40 Å². The van der Waals surface area contributed by atoms with Crippen molar-refractivity contribution in [3.8, 4) is 5.75 Å². The summed E-state index contributed by atoms with van der Waals surface area (Å²) in [5, 5.41) is -0.0874. The maximum absolute atomic E-state index is 12.6. The molecule has 0 saturated carbocycles. The second-order valence-corrected chi connectivity index (χ2v) is 7.53. The Bertz CT molecular complexity index is 1120. The standard InChI is InChI=1S/C23H20N2O3S/c1-28-21-16-14-19(15-17-21)9-5-6-12-22(20-10-3-2-4-11-20)25-29(26,27)23-13-7-8-18-24-23/h2-18H,1H3/b9-5+,12-6+,25-22-. The van der Waals surface area contributed by atoms with Crippen LogP contribution in [0.2, 0.25) is 0 Å². The monoisotopic (exact) mass is 404 g/mol. The molecule has 0 bridgehead atoms. The first-order chi connectivity index (χ1) is 14.1. The molecule has 0 amide bonds. The Labute approximate surface area is 170 Å². The maximum atomic E-state index is 12.6. The Kier molecular flexibility index (Phi) is 6.71. The maximum Gasteiger partial charge on any atom is 0.300 e. The number of benzene rings is 2. The molecule has 146 valence electrons. The van der Waals surface area contributed by atoms with E-state index in [0.29, 0.717) is 11.3 Å². The van der Waals surface area contributed by atoms with Crippen LogP contribution in [0.25, 0.3) is 6.08 Å². The van der Waals surface area contributed by atoms with Gasteiger partial charge in [0.05, 0.1) is 12.8 Å². The molecule has 0 N–H and O–H groups in total. The molecule has 0 saturated heterocycles. The highest BCUT2D eigenvalue weighted by Crippen LogP contribution is 2.14. The number of hydrogen-bond acceptors (Lipinski definition) is 4. The van der Waals surface area contributed by atoms with E-state index in [2.05, 4.69) is 9.38 Å². The normalized spacial score (nSPS) is 12.5. The highest BCUT2D eigenvalue weighted by Gasteiger charge is 2.15. The van der Waals surface area contributed by atoms with Crippen molar-refractivity contribution in [1.82, 2.24) is 4.98 Å². The van der Waals surface area contributed by atoms with E-state index in [0.717, 1.165) is 11.3 Å². The van der Waals surface area contributed by atoms with E-state index in [1.165, 1.54) is 12.3 Å². The zero-order valence-electron chi connectivity index (χ0n) is 15.8. The summed E-state index contributed by atoms with van der Waals surface area (Å²) >= 11 is 0. The number of methoxy groups -OCH3 is 1. The summed E-state index contributed by atoms with van der Waals surface area (Å²) in [6.07, 6.45) is 8.58. The first kappa shape index (κ1) is 20.2. The Hall–Kier alpha value is -3.51. The second kappa shape index (κ2) is 9.61. The van der Waals surface area contributed by atoms with E-state index in [1.54, 1.807) is 31.4 Å². The molecule has 0 aliphatic carbocycles. The van der Waals surface area contributed by atoms with Crippen LogP contribution >= 0.6 is 0 Å². The zero-order valence-corrected chi connectivity index (χ0v) is 16.7. The molecular weight excluding hydrogens is 384 g/mol. The molecule has 5 nitrogen and oxygen atoms in total. The highest BCUT2D eigenvalue weighted by molar-refractivity contribution is 7.90. The fourth-order valence-corrected chi connectivity index (χ4v) is 3.46. The Morgan fingerprint density at radius 2 is 1.66 bits per heavy atom. The van der Waals surface area contributed by atoms with E-state index in [9.17, 15) is 8.42 Å². The fourth-order valence-electron chi connectivity index (χ4n) is 2.49. The Morgan fingerprint density at radius 3 is 2.31 bits per heavy atom. The Morgan fingerprint density at radius 1 is 0.931 bits per heavy atom. The molecule has 0 aliphatic rings. The zero-order chi connectivity index (χ0) is 20.5. The molecule has 3 rings (SSSR count). The van der Waals surface area contributed by atoms with Crippen molar-refractivity contribution in [1.29, 1.82) is 0 Å². The summed E-state index contributed by atoms with van der Waals surface area (Å²) in [6.45, 7) is 0. The van der Waals surface area contributed by atoms with E-state index < -0.39 is 10.0 Å². The third-order valence-electron chi connectivity index (χ3n) is 3.96. The van der Waals surface area contributed by atoms with E-state index in [1.807, 2.05) is 66.7 Å². The molecule has 0 radical (unpaired) electrons.